The largest absolute Gasteiger partial charge is 0.383 e. The number of aryl methyl sites for hydroxylation is 2. The second kappa shape index (κ2) is 7.37. The van der Waals surface area contributed by atoms with Gasteiger partial charge in [-0.15, -0.1) is 0 Å². The summed E-state index contributed by atoms with van der Waals surface area (Å²) in [5.41, 5.74) is 0.646. The van der Waals surface area contributed by atoms with Crippen molar-refractivity contribution in [1.82, 2.24) is 10.5 Å². The second-order valence-electron chi connectivity index (χ2n) is 6.56. The summed E-state index contributed by atoms with van der Waals surface area (Å²) >= 11 is 0. The van der Waals surface area contributed by atoms with E-state index in [-0.39, 0.29) is 18.4 Å². The fourth-order valence-electron chi connectivity index (χ4n) is 3.49. The SMILES string of the molecule is Cc1noc(C)c1C(=O)NCC(O)(c1ccccc1)C1CCOCC1. The third-order valence-electron chi connectivity index (χ3n) is 4.95. The van der Waals surface area contributed by atoms with Crippen LogP contribution in [0.1, 0.15) is 40.2 Å². The summed E-state index contributed by atoms with van der Waals surface area (Å²) in [5, 5.41) is 18.2. The van der Waals surface area contributed by atoms with Crippen molar-refractivity contribution in [2.45, 2.75) is 32.3 Å². The molecule has 2 N–H and O–H groups in total. The van der Waals surface area contributed by atoms with Gasteiger partial charge in [0.2, 0.25) is 0 Å². The lowest BCUT2D eigenvalue weighted by atomic mass is 9.77. The molecule has 6 heteroatoms. The molecule has 0 radical (unpaired) electrons. The summed E-state index contributed by atoms with van der Waals surface area (Å²) in [6, 6.07) is 9.51. The molecule has 1 atom stereocenters. The lowest BCUT2D eigenvalue weighted by molar-refractivity contribution is -0.0680. The molecule has 0 spiro atoms. The number of rotatable bonds is 5. The Kier molecular flexibility index (Phi) is 5.20. The van der Waals surface area contributed by atoms with E-state index in [1.54, 1.807) is 13.8 Å². The Labute approximate surface area is 147 Å². The van der Waals surface area contributed by atoms with Gasteiger partial charge in [-0.1, -0.05) is 35.5 Å². The van der Waals surface area contributed by atoms with E-state index in [9.17, 15) is 9.90 Å². The number of hydrogen-bond donors (Lipinski definition) is 2. The monoisotopic (exact) mass is 344 g/mol. The quantitative estimate of drug-likeness (QED) is 0.870. The first-order valence-corrected chi connectivity index (χ1v) is 8.59. The average molecular weight is 344 g/mol. The number of benzene rings is 1. The van der Waals surface area contributed by atoms with Crippen LogP contribution in [0, 0.1) is 19.8 Å². The Balaban J connectivity index is 1.82. The molecular weight excluding hydrogens is 320 g/mol. The van der Waals surface area contributed by atoms with Crippen molar-refractivity contribution < 1.29 is 19.2 Å². The molecular formula is C19H24N2O4. The summed E-state index contributed by atoms with van der Waals surface area (Å²) in [6.45, 7) is 4.81. The Morgan fingerprint density at radius 3 is 2.56 bits per heavy atom. The van der Waals surface area contributed by atoms with Crippen molar-refractivity contribution in [2.75, 3.05) is 19.8 Å². The average Bonchev–Trinajstić information content (AvgIpc) is 2.99. The Morgan fingerprint density at radius 2 is 1.96 bits per heavy atom. The highest BCUT2D eigenvalue weighted by molar-refractivity contribution is 5.96. The van der Waals surface area contributed by atoms with E-state index < -0.39 is 5.60 Å². The number of ether oxygens (including phenoxy) is 1. The van der Waals surface area contributed by atoms with Crippen molar-refractivity contribution >= 4 is 5.91 Å². The molecule has 1 amide bonds. The smallest absolute Gasteiger partial charge is 0.256 e. The Hall–Kier alpha value is -2.18. The molecule has 2 aromatic rings. The van der Waals surface area contributed by atoms with Gasteiger partial charge >= 0.3 is 0 Å². The molecule has 134 valence electrons. The van der Waals surface area contributed by atoms with Crippen LogP contribution < -0.4 is 5.32 Å². The van der Waals surface area contributed by atoms with Crippen LogP contribution in [0.5, 0.6) is 0 Å². The van der Waals surface area contributed by atoms with Crippen LogP contribution in [-0.4, -0.2) is 35.9 Å². The molecule has 1 fully saturated rings. The minimum absolute atomic E-state index is 0.0219. The number of nitrogens with zero attached hydrogens (tertiary/aromatic N) is 1. The molecule has 3 rings (SSSR count). The molecule has 1 aromatic carbocycles. The standard InChI is InChI=1S/C19H24N2O4/c1-13-17(14(2)25-21-13)18(22)20-12-19(23,15-6-4-3-5-7-15)16-8-10-24-11-9-16/h3-7,16,23H,8-12H2,1-2H3,(H,20,22). The van der Waals surface area contributed by atoms with Crippen LogP contribution in [0.15, 0.2) is 34.9 Å². The molecule has 1 aliphatic rings. The van der Waals surface area contributed by atoms with Crippen LogP contribution in [0.2, 0.25) is 0 Å². The van der Waals surface area contributed by atoms with Gasteiger partial charge in [-0.2, -0.15) is 0 Å². The maximum absolute atomic E-state index is 12.6. The third kappa shape index (κ3) is 3.60. The van der Waals surface area contributed by atoms with Crippen LogP contribution >= 0.6 is 0 Å². The van der Waals surface area contributed by atoms with Gasteiger partial charge in [0.05, 0.1) is 12.2 Å². The molecule has 0 bridgehead atoms. The Bertz CT molecular complexity index is 703. The van der Waals surface area contributed by atoms with E-state index in [1.165, 1.54) is 0 Å². The van der Waals surface area contributed by atoms with Gasteiger partial charge in [0.1, 0.15) is 16.9 Å². The molecule has 1 saturated heterocycles. The number of aliphatic hydroxyl groups is 1. The van der Waals surface area contributed by atoms with E-state index in [4.69, 9.17) is 9.26 Å². The van der Waals surface area contributed by atoms with Crippen LogP contribution in [0.3, 0.4) is 0 Å². The predicted molar refractivity (Wildman–Crippen MR) is 92.2 cm³/mol. The lowest BCUT2D eigenvalue weighted by Gasteiger charge is -2.39. The highest BCUT2D eigenvalue weighted by Gasteiger charge is 2.39. The Morgan fingerprint density at radius 1 is 1.28 bits per heavy atom. The van der Waals surface area contributed by atoms with Gasteiger partial charge in [-0.3, -0.25) is 4.79 Å². The van der Waals surface area contributed by atoms with E-state index in [1.807, 2.05) is 30.3 Å². The summed E-state index contributed by atoms with van der Waals surface area (Å²) in [6.07, 6.45) is 1.51. The van der Waals surface area contributed by atoms with Crippen molar-refractivity contribution in [3.63, 3.8) is 0 Å². The van der Waals surface area contributed by atoms with Gasteiger partial charge < -0.3 is 19.7 Å². The number of hydrogen-bond acceptors (Lipinski definition) is 5. The van der Waals surface area contributed by atoms with Crippen LogP contribution in [0.25, 0.3) is 0 Å². The first kappa shape index (κ1) is 17.6. The lowest BCUT2D eigenvalue weighted by Crippen LogP contribution is -2.47. The molecule has 2 heterocycles. The summed E-state index contributed by atoms with van der Waals surface area (Å²) in [5.74, 6) is 0.218. The predicted octanol–water partition coefficient (Wildman–Crippen LogP) is 2.34. The maximum Gasteiger partial charge on any atom is 0.256 e. The fourth-order valence-corrected chi connectivity index (χ4v) is 3.49. The topological polar surface area (TPSA) is 84.6 Å². The molecule has 1 aromatic heterocycles. The van der Waals surface area contributed by atoms with Crippen molar-refractivity contribution in [3.8, 4) is 0 Å². The normalized spacial score (nSPS) is 17.9. The van der Waals surface area contributed by atoms with Gasteiger partial charge in [0, 0.05) is 13.2 Å². The maximum atomic E-state index is 12.6. The minimum atomic E-state index is -1.14. The van der Waals surface area contributed by atoms with Gasteiger partial charge in [0.15, 0.2) is 0 Å². The number of carbonyl (C=O) groups is 1. The van der Waals surface area contributed by atoms with Crippen molar-refractivity contribution in [3.05, 3.63) is 52.9 Å². The zero-order chi connectivity index (χ0) is 17.9. The first-order valence-electron chi connectivity index (χ1n) is 8.59. The number of carbonyl (C=O) groups excluding carboxylic acids is 1. The third-order valence-corrected chi connectivity index (χ3v) is 4.95. The van der Waals surface area contributed by atoms with Crippen molar-refractivity contribution in [2.24, 2.45) is 5.92 Å². The van der Waals surface area contributed by atoms with Gasteiger partial charge in [-0.25, -0.2) is 0 Å². The van der Waals surface area contributed by atoms with Crippen molar-refractivity contribution in [1.29, 1.82) is 0 Å². The minimum Gasteiger partial charge on any atom is -0.383 e. The highest BCUT2D eigenvalue weighted by atomic mass is 16.5. The van der Waals surface area contributed by atoms with E-state index in [2.05, 4.69) is 10.5 Å². The zero-order valence-electron chi connectivity index (χ0n) is 14.6. The highest BCUT2D eigenvalue weighted by Crippen LogP contribution is 2.35. The molecule has 1 aliphatic heterocycles. The summed E-state index contributed by atoms with van der Waals surface area (Å²) < 4.78 is 10.5. The number of aromatic nitrogens is 1. The number of amides is 1. The molecule has 1 unspecified atom stereocenters. The van der Waals surface area contributed by atoms with Crippen LogP contribution in [0.4, 0.5) is 0 Å². The first-order chi connectivity index (χ1) is 12.0. The second-order valence-corrected chi connectivity index (χ2v) is 6.56. The zero-order valence-corrected chi connectivity index (χ0v) is 14.6. The van der Waals surface area contributed by atoms with Gasteiger partial charge in [-0.05, 0) is 38.2 Å². The molecule has 0 aliphatic carbocycles. The summed E-state index contributed by atoms with van der Waals surface area (Å²) in [4.78, 5) is 12.6. The van der Waals surface area contributed by atoms with Crippen LogP contribution in [-0.2, 0) is 10.3 Å². The van der Waals surface area contributed by atoms with E-state index >= 15 is 0 Å². The van der Waals surface area contributed by atoms with E-state index in [0.29, 0.717) is 30.2 Å². The van der Waals surface area contributed by atoms with E-state index in [0.717, 1.165) is 18.4 Å². The molecule has 25 heavy (non-hydrogen) atoms. The summed E-state index contributed by atoms with van der Waals surface area (Å²) in [7, 11) is 0. The van der Waals surface area contributed by atoms with Gasteiger partial charge in [0.25, 0.3) is 5.91 Å². The molecule has 6 nitrogen and oxygen atoms in total. The number of nitrogens with one attached hydrogen (secondary N) is 1. The molecule has 0 saturated carbocycles. The fraction of sp³-hybridized carbons (Fsp3) is 0.474.